The van der Waals surface area contributed by atoms with Crippen molar-refractivity contribution in [1.82, 2.24) is 5.32 Å². The highest BCUT2D eigenvalue weighted by Crippen LogP contribution is 2.28. The Morgan fingerprint density at radius 1 is 1.64 bits per heavy atom. The van der Waals surface area contributed by atoms with Gasteiger partial charge in [0.2, 0.25) is 0 Å². The first-order valence-electron chi connectivity index (χ1n) is 4.03. The number of hydrogen-bond donors (Lipinski definition) is 2. The summed E-state index contributed by atoms with van der Waals surface area (Å²) in [5.74, 6) is -0.435. The highest BCUT2D eigenvalue weighted by atomic mass is 79.9. The lowest BCUT2D eigenvalue weighted by atomic mass is 10.1. The molecule has 0 aliphatic carbocycles. The molecule has 0 aliphatic heterocycles. The van der Waals surface area contributed by atoms with Crippen molar-refractivity contribution < 1.29 is 9.50 Å². The van der Waals surface area contributed by atoms with Crippen LogP contribution >= 0.6 is 27.5 Å². The van der Waals surface area contributed by atoms with Gasteiger partial charge in [0.15, 0.2) is 0 Å². The quantitative estimate of drug-likeness (QED) is 0.835. The normalized spacial score (nSPS) is 12.9. The summed E-state index contributed by atoms with van der Waals surface area (Å²) in [6.07, 6.45) is -0.732. The van der Waals surface area contributed by atoms with E-state index in [0.717, 1.165) is 0 Å². The van der Waals surface area contributed by atoms with E-state index >= 15 is 0 Å². The van der Waals surface area contributed by atoms with Gasteiger partial charge in [0.25, 0.3) is 0 Å². The monoisotopic (exact) mass is 281 g/mol. The molecule has 0 heterocycles. The SMILES string of the molecule is CNCC(O)c1cc(Br)c(F)cc1Cl. The van der Waals surface area contributed by atoms with Crippen LogP contribution in [0.3, 0.4) is 0 Å². The van der Waals surface area contributed by atoms with Crippen LogP contribution < -0.4 is 5.32 Å². The second-order valence-electron chi connectivity index (χ2n) is 2.86. The van der Waals surface area contributed by atoms with Gasteiger partial charge in [-0.1, -0.05) is 11.6 Å². The van der Waals surface area contributed by atoms with Crippen molar-refractivity contribution in [2.24, 2.45) is 0 Å². The first-order valence-corrected chi connectivity index (χ1v) is 5.20. The molecule has 0 radical (unpaired) electrons. The zero-order valence-corrected chi connectivity index (χ0v) is 9.86. The molecule has 1 rings (SSSR count). The molecular weight excluding hydrogens is 272 g/mol. The van der Waals surface area contributed by atoms with Crippen molar-refractivity contribution >= 4 is 27.5 Å². The standard InChI is InChI=1S/C9H10BrClFNO/c1-13-4-9(14)5-2-6(10)8(12)3-7(5)11/h2-3,9,13-14H,4H2,1H3. The maximum atomic E-state index is 13.0. The summed E-state index contributed by atoms with van der Waals surface area (Å²) < 4.78 is 13.3. The van der Waals surface area contributed by atoms with E-state index in [-0.39, 0.29) is 5.02 Å². The van der Waals surface area contributed by atoms with E-state index in [9.17, 15) is 9.50 Å². The molecule has 5 heteroatoms. The van der Waals surface area contributed by atoms with Crippen LogP contribution in [0.2, 0.25) is 5.02 Å². The van der Waals surface area contributed by atoms with Gasteiger partial charge in [-0.05, 0) is 35.1 Å². The van der Waals surface area contributed by atoms with Crippen molar-refractivity contribution in [3.63, 3.8) is 0 Å². The Morgan fingerprint density at radius 3 is 2.86 bits per heavy atom. The van der Waals surface area contributed by atoms with Crippen LogP contribution in [-0.4, -0.2) is 18.7 Å². The number of halogens is 3. The van der Waals surface area contributed by atoms with Crippen LogP contribution in [0.1, 0.15) is 11.7 Å². The number of hydrogen-bond acceptors (Lipinski definition) is 2. The Morgan fingerprint density at radius 2 is 2.29 bits per heavy atom. The van der Waals surface area contributed by atoms with Crippen LogP contribution in [0.25, 0.3) is 0 Å². The lowest BCUT2D eigenvalue weighted by Gasteiger charge is -2.12. The first kappa shape index (κ1) is 11.9. The summed E-state index contributed by atoms with van der Waals surface area (Å²) in [7, 11) is 1.72. The minimum Gasteiger partial charge on any atom is -0.387 e. The Balaban J connectivity index is 3.02. The number of aliphatic hydroxyl groups is 1. The third-order valence-corrected chi connectivity index (χ3v) is 2.73. The maximum Gasteiger partial charge on any atom is 0.138 e. The fourth-order valence-corrected chi connectivity index (χ4v) is 1.73. The molecule has 1 aromatic rings. The van der Waals surface area contributed by atoms with Crippen LogP contribution in [0.5, 0.6) is 0 Å². The summed E-state index contributed by atoms with van der Waals surface area (Å²) in [6.45, 7) is 0.373. The highest BCUT2D eigenvalue weighted by molar-refractivity contribution is 9.10. The largest absolute Gasteiger partial charge is 0.387 e. The molecule has 2 nitrogen and oxygen atoms in total. The van der Waals surface area contributed by atoms with Gasteiger partial charge in [0.1, 0.15) is 5.82 Å². The molecule has 0 saturated heterocycles. The first-order chi connectivity index (χ1) is 6.56. The van der Waals surface area contributed by atoms with Crippen molar-refractivity contribution in [2.45, 2.75) is 6.10 Å². The average molecular weight is 283 g/mol. The molecule has 0 aliphatic rings. The van der Waals surface area contributed by atoms with Crippen LogP contribution in [0.4, 0.5) is 4.39 Å². The molecule has 1 aromatic carbocycles. The van der Waals surface area contributed by atoms with Crippen molar-refractivity contribution in [2.75, 3.05) is 13.6 Å². The summed E-state index contributed by atoms with van der Waals surface area (Å²) in [6, 6.07) is 2.67. The molecular formula is C9H10BrClFNO. The van der Waals surface area contributed by atoms with Gasteiger partial charge in [-0.2, -0.15) is 0 Å². The van der Waals surface area contributed by atoms with Crippen LogP contribution in [0.15, 0.2) is 16.6 Å². The predicted octanol–water partition coefficient (Wildman–Crippen LogP) is 2.49. The second-order valence-corrected chi connectivity index (χ2v) is 4.12. The van der Waals surface area contributed by atoms with E-state index in [2.05, 4.69) is 21.2 Å². The van der Waals surface area contributed by atoms with Gasteiger partial charge in [-0.15, -0.1) is 0 Å². The van der Waals surface area contributed by atoms with Crippen LogP contribution in [0, 0.1) is 5.82 Å². The van der Waals surface area contributed by atoms with Crippen molar-refractivity contribution in [3.8, 4) is 0 Å². The lowest BCUT2D eigenvalue weighted by Crippen LogP contribution is -2.17. The van der Waals surface area contributed by atoms with Gasteiger partial charge < -0.3 is 10.4 Å². The summed E-state index contributed by atoms with van der Waals surface area (Å²) in [5, 5.41) is 12.7. The maximum absolute atomic E-state index is 13.0. The fourth-order valence-electron chi connectivity index (χ4n) is 1.10. The molecule has 14 heavy (non-hydrogen) atoms. The summed E-state index contributed by atoms with van der Waals surface area (Å²) in [4.78, 5) is 0. The Kier molecular flexibility index (Phi) is 4.31. The average Bonchev–Trinajstić information content (AvgIpc) is 2.11. The zero-order valence-electron chi connectivity index (χ0n) is 7.52. The second kappa shape index (κ2) is 5.07. The van der Waals surface area contributed by atoms with Crippen molar-refractivity contribution in [1.29, 1.82) is 0 Å². The number of nitrogens with one attached hydrogen (secondary N) is 1. The number of benzene rings is 1. The van der Waals surface area contributed by atoms with Gasteiger partial charge >= 0.3 is 0 Å². The van der Waals surface area contributed by atoms with Gasteiger partial charge in [0, 0.05) is 17.1 Å². The summed E-state index contributed by atoms with van der Waals surface area (Å²) in [5.41, 5.74) is 0.509. The molecule has 2 N–H and O–H groups in total. The predicted molar refractivity (Wildman–Crippen MR) is 58.0 cm³/mol. The Hall–Kier alpha value is -0.160. The van der Waals surface area contributed by atoms with E-state index in [1.54, 1.807) is 7.05 Å². The van der Waals surface area contributed by atoms with E-state index in [4.69, 9.17) is 11.6 Å². The molecule has 0 aromatic heterocycles. The van der Waals surface area contributed by atoms with E-state index in [1.165, 1.54) is 12.1 Å². The fraction of sp³-hybridized carbons (Fsp3) is 0.333. The minimum absolute atomic E-state index is 0.230. The molecule has 1 unspecified atom stereocenters. The smallest absolute Gasteiger partial charge is 0.138 e. The Labute approximate surface area is 95.2 Å². The molecule has 0 fully saturated rings. The molecule has 0 saturated carbocycles. The summed E-state index contributed by atoms with van der Waals surface area (Å²) >= 11 is 8.82. The van der Waals surface area contributed by atoms with Gasteiger partial charge in [0.05, 0.1) is 10.6 Å². The van der Waals surface area contributed by atoms with Crippen LogP contribution in [-0.2, 0) is 0 Å². The number of likely N-dealkylation sites (N-methyl/N-ethyl adjacent to an activating group) is 1. The van der Waals surface area contributed by atoms with E-state index in [0.29, 0.717) is 16.6 Å². The lowest BCUT2D eigenvalue weighted by molar-refractivity contribution is 0.177. The third kappa shape index (κ3) is 2.67. The Bertz CT molecular complexity index is 335. The number of rotatable bonds is 3. The van der Waals surface area contributed by atoms with E-state index < -0.39 is 11.9 Å². The van der Waals surface area contributed by atoms with Gasteiger partial charge in [-0.3, -0.25) is 0 Å². The molecule has 0 amide bonds. The molecule has 0 spiro atoms. The minimum atomic E-state index is -0.732. The third-order valence-electron chi connectivity index (χ3n) is 1.80. The zero-order chi connectivity index (χ0) is 10.7. The van der Waals surface area contributed by atoms with Gasteiger partial charge in [-0.25, -0.2) is 4.39 Å². The topological polar surface area (TPSA) is 32.3 Å². The highest BCUT2D eigenvalue weighted by Gasteiger charge is 2.13. The number of aliphatic hydroxyl groups excluding tert-OH is 1. The molecule has 0 bridgehead atoms. The molecule has 1 atom stereocenters. The molecule has 78 valence electrons. The van der Waals surface area contributed by atoms with E-state index in [1.807, 2.05) is 0 Å². The van der Waals surface area contributed by atoms with Crippen molar-refractivity contribution in [3.05, 3.63) is 33.0 Å².